The molecule has 1 amide bonds. The molecule has 0 saturated heterocycles. The van der Waals surface area contributed by atoms with E-state index in [1.807, 2.05) is 18.2 Å². The molecule has 2 aromatic carbocycles. The fourth-order valence-corrected chi connectivity index (χ4v) is 4.58. The number of rotatable bonds is 3. The van der Waals surface area contributed by atoms with Crippen LogP contribution in [0, 0.1) is 0 Å². The van der Waals surface area contributed by atoms with E-state index in [0.29, 0.717) is 10.6 Å². The van der Waals surface area contributed by atoms with Crippen molar-refractivity contribution in [1.82, 2.24) is 5.32 Å². The Morgan fingerprint density at radius 3 is 2.79 bits per heavy atom. The first kappa shape index (κ1) is 17.3. The van der Waals surface area contributed by atoms with Gasteiger partial charge in [0.25, 0.3) is 5.91 Å². The number of sulfone groups is 1. The largest absolute Gasteiger partial charge is 0.345 e. The fraction of sp³-hybridized carbons (Fsp3) is 0.235. The SMILES string of the molecule is CS(=O)(=O)c1cccc(C(=O)N[C@H]2CCSc3ccc(Cl)cc32)c1. The molecule has 1 aliphatic rings. The van der Waals surface area contributed by atoms with Crippen molar-refractivity contribution in [3.63, 3.8) is 0 Å². The molecule has 2 aromatic rings. The minimum Gasteiger partial charge on any atom is -0.345 e. The van der Waals surface area contributed by atoms with E-state index in [4.69, 9.17) is 11.6 Å². The number of carbonyl (C=O) groups excluding carboxylic acids is 1. The summed E-state index contributed by atoms with van der Waals surface area (Å²) in [5.74, 6) is 0.617. The second-order valence-electron chi connectivity index (χ2n) is 5.65. The Bertz CT molecular complexity index is 896. The van der Waals surface area contributed by atoms with E-state index in [9.17, 15) is 13.2 Å². The van der Waals surface area contributed by atoms with E-state index < -0.39 is 9.84 Å². The summed E-state index contributed by atoms with van der Waals surface area (Å²) in [7, 11) is -3.35. The highest BCUT2D eigenvalue weighted by atomic mass is 35.5. The third-order valence-electron chi connectivity index (χ3n) is 3.84. The quantitative estimate of drug-likeness (QED) is 0.880. The summed E-state index contributed by atoms with van der Waals surface area (Å²) in [4.78, 5) is 13.8. The van der Waals surface area contributed by atoms with Crippen molar-refractivity contribution >= 4 is 39.1 Å². The predicted molar refractivity (Wildman–Crippen MR) is 96.6 cm³/mol. The molecule has 0 saturated carbocycles. The summed E-state index contributed by atoms with van der Waals surface area (Å²) in [5, 5.41) is 3.63. The molecule has 24 heavy (non-hydrogen) atoms. The number of amides is 1. The summed E-state index contributed by atoms with van der Waals surface area (Å²) >= 11 is 7.82. The lowest BCUT2D eigenvalue weighted by Gasteiger charge is -2.26. The van der Waals surface area contributed by atoms with Gasteiger partial charge < -0.3 is 5.32 Å². The summed E-state index contributed by atoms with van der Waals surface area (Å²) in [6.07, 6.45) is 1.93. The zero-order valence-electron chi connectivity index (χ0n) is 13.0. The Labute approximate surface area is 150 Å². The van der Waals surface area contributed by atoms with Crippen LogP contribution in [0.3, 0.4) is 0 Å². The molecule has 7 heteroatoms. The molecule has 4 nitrogen and oxygen atoms in total. The van der Waals surface area contributed by atoms with Crippen LogP contribution in [0.5, 0.6) is 0 Å². The first-order valence-corrected chi connectivity index (χ1v) is 10.6. The number of benzene rings is 2. The number of nitrogens with one attached hydrogen (secondary N) is 1. The average Bonchev–Trinajstić information content (AvgIpc) is 2.55. The van der Waals surface area contributed by atoms with Gasteiger partial charge in [0.05, 0.1) is 10.9 Å². The van der Waals surface area contributed by atoms with Gasteiger partial charge >= 0.3 is 0 Å². The van der Waals surface area contributed by atoms with Crippen molar-refractivity contribution in [3.05, 3.63) is 58.6 Å². The van der Waals surface area contributed by atoms with Crippen molar-refractivity contribution in [2.75, 3.05) is 12.0 Å². The number of thioether (sulfide) groups is 1. The van der Waals surface area contributed by atoms with Gasteiger partial charge in [0, 0.05) is 27.5 Å². The lowest BCUT2D eigenvalue weighted by molar-refractivity contribution is 0.0934. The van der Waals surface area contributed by atoms with Crippen LogP contribution >= 0.6 is 23.4 Å². The average molecular weight is 382 g/mol. The highest BCUT2D eigenvalue weighted by molar-refractivity contribution is 7.99. The van der Waals surface area contributed by atoms with Crippen LogP contribution in [0.2, 0.25) is 5.02 Å². The van der Waals surface area contributed by atoms with Crippen LogP contribution in [-0.2, 0) is 9.84 Å². The molecule has 1 aliphatic heterocycles. The first-order valence-electron chi connectivity index (χ1n) is 7.38. The third-order valence-corrected chi connectivity index (χ3v) is 6.31. The number of hydrogen-bond donors (Lipinski definition) is 1. The molecule has 0 bridgehead atoms. The Balaban J connectivity index is 1.85. The zero-order chi connectivity index (χ0) is 17.3. The summed E-state index contributed by atoms with van der Waals surface area (Å²) in [5.41, 5.74) is 1.34. The van der Waals surface area contributed by atoms with Crippen molar-refractivity contribution < 1.29 is 13.2 Å². The smallest absolute Gasteiger partial charge is 0.251 e. The van der Waals surface area contributed by atoms with Gasteiger partial charge in [-0.15, -0.1) is 11.8 Å². The van der Waals surface area contributed by atoms with Crippen LogP contribution in [0.1, 0.15) is 28.4 Å². The summed E-state index contributed by atoms with van der Waals surface area (Å²) < 4.78 is 23.3. The van der Waals surface area contributed by atoms with Crippen molar-refractivity contribution in [2.24, 2.45) is 0 Å². The molecule has 0 fully saturated rings. The van der Waals surface area contributed by atoms with Gasteiger partial charge in [-0.25, -0.2) is 8.42 Å². The summed E-state index contributed by atoms with van der Waals surface area (Å²) in [6.45, 7) is 0. The fourth-order valence-electron chi connectivity index (χ4n) is 2.62. The maximum Gasteiger partial charge on any atom is 0.251 e. The molecule has 0 spiro atoms. The Morgan fingerprint density at radius 1 is 1.25 bits per heavy atom. The molecule has 1 heterocycles. The maximum absolute atomic E-state index is 12.5. The van der Waals surface area contributed by atoms with Crippen LogP contribution in [0.15, 0.2) is 52.3 Å². The molecular formula is C17H16ClNO3S2. The molecule has 1 N–H and O–H groups in total. The van der Waals surface area contributed by atoms with Crippen LogP contribution < -0.4 is 5.32 Å². The molecule has 0 unspecified atom stereocenters. The summed E-state index contributed by atoms with van der Waals surface area (Å²) in [6, 6.07) is 11.6. The van der Waals surface area contributed by atoms with Crippen molar-refractivity contribution in [2.45, 2.75) is 22.3 Å². The molecule has 0 aromatic heterocycles. The van der Waals surface area contributed by atoms with Crippen LogP contribution in [0.25, 0.3) is 0 Å². The Hall–Kier alpha value is -1.50. The third kappa shape index (κ3) is 3.77. The second-order valence-corrected chi connectivity index (χ2v) is 9.23. The number of carbonyl (C=O) groups is 1. The van der Waals surface area contributed by atoms with Gasteiger partial charge in [-0.2, -0.15) is 0 Å². The van der Waals surface area contributed by atoms with E-state index in [0.717, 1.165) is 28.9 Å². The van der Waals surface area contributed by atoms with Gasteiger partial charge in [0.1, 0.15) is 0 Å². The molecule has 3 rings (SSSR count). The Morgan fingerprint density at radius 2 is 2.04 bits per heavy atom. The normalized spacial score (nSPS) is 17.2. The highest BCUT2D eigenvalue weighted by Gasteiger charge is 2.23. The number of fused-ring (bicyclic) bond motifs is 1. The molecule has 0 radical (unpaired) electrons. The Kier molecular flexibility index (Phi) is 4.90. The van der Waals surface area contributed by atoms with Crippen molar-refractivity contribution in [1.29, 1.82) is 0 Å². The predicted octanol–water partition coefficient (Wildman–Crippen LogP) is 3.71. The molecule has 1 atom stereocenters. The van der Waals surface area contributed by atoms with Gasteiger partial charge in [-0.3, -0.25) is 4.79 Å². The highest BCUT2D eigenvalue weighted by Crippen LogP contribution is 2.37. The topological polar surface area (TPSA) is 63.2 Å². The number of hydrogen-bond acceptors (Lipinski definition) is 4. The van der Waals surface area contributed by atoms with E-state index in [1.165, 1.54) is 12.1 Å². The first-order chi connectivity index (χ1) is 11.3. The monoisotopic (exact) mass is 381 g/mol. The molecule has 126 valence electrons. The van der Waals surface area contributed by atoms with Crippen molar-refractivity contribution in [3.8, 4) is 0 Å². The lowest BCUT2D eigenvalue weighted by atomic mass is 10.0. The van der Waals surface area contributed by atoms with Crippen LogP contribution in [0.4, 0.5) is 0 Å². The van der Waals surface area contributed by atoms with E-state index in [1.54, 1.807) is 23.9 Å². The zero-order valence-corrected chi connectivity index (χ0v) is 15.3. The van der Waals surface area contributed by atoms with Gasteiger partial charge in [0.15, 0.2) is 9.84 Å². The van der Waals surface area contributed by atoms with E-state index in [2.05, 4.69) is 5.32 Å². The molecule has 0 aliphatic carbocycles. The minimum atomic E-state index is -3.35. The standard InChI is InChI=1S/C17H16ClNO3S2/c1-24(21,22)13-4-2-3-11(9-13)17(20)19-15-7-8-23-16-6-5-12(18)10-14(15)16/h2-6,9-10,15H,7-8H2,1H3,(H,19,20)/t15-/m0/s1. The lowest BCUT2D eigenvalue weighted by Crippen LogP contribution is -2.30. The maximum atomic E-state index is 12.5. The minimum absolute atomic E-state index is 0.130. The van der Waals surface area contributed by atoms with Gasteiger partial charge in [-0.1, -0.05) is 17.7 Å². The molecular weight excluding hydrogens is 366 g/mol. The van der Waals surface area contributed by atoms with E-state index >= 15 is 0 Å². The van der Waals surface area contributed by atoms with Crippen LogP contribution in [-0.4, -0.2) is 26.3 Å². The van der Waals surface area contributed by atoms with Gasteiger partial charge in [-0.05, 0) is 48.4 Å². The second kappa shape index (κ2) is 6.78. The van der Waals surface area contributed by atoms with E-state index in [-0.39, 0.29) is 16.8 Å². The van der Waals surface area contributed by atoms with Gasteiger partial charge in [0.2, 0.25) is 0 Å². The number of halogens is 1.